The second-order valence-electron chi connectivity index (χ2n) is 5.97. The van der Waals surface area contributed by atoms with Crippen LogP contribution in [0.2, 0.25) is 0 Å². The number of carbonyl (C=O) groups excluding carboxylic acids is 1. The van der Waals surface area contributed by atoms with Crippen LogP contribution in [0.15, 0.2) is 29.4 Å². The molecule has 1 amide bonds. The summed E-state index contributed by atoms with van der Waals surface area (Å²) >= 11 is 2.75. The molecule has 26 heavy (non-hydrogen) atoms. The predicted octanol–water partition coefficient (Wildman–Crippen LogP) is 3.39. The van der Waals surface area contributed by atoms with E-state index >= 15 is 0 Å². The molecule has 0 atom stereocenters. The van der Waals surface area contributed by atoms with Crippen molar-refractivity contribution in [3.63, 3.8) is 0 Å². The number of carbonyl (C=O) groups is 1. The topological polar surface area (TPSA) is 85.1 Å². The molecule has 0 saturated heterocycles. The van der Waals surface area contributed by atoms with Crippen LogP contribution in [-0.4, -0.2) is 36.2 Å². The molecule has 4 aromatic rings. The van der Waals surface area contributed by atoms with Crippen molar-refractivity contribution in [3.05, 3.63) is 41.2 Å². The number of benzene rings is 1. The summed E-state index contributed by atoms with van der Waals surface area (Å²) in [4.78, 5) is 25.4. The van der Waals surface area contributed by atoms with Gasteiger partial charge in [-0.2, -0.15) is 4.98 Å². The van der Waals surface area contributed by atoms with Crippen molar-refractivity contribution in [1.29, 1.82) is 0 Å². The van der Waals surface area contributed by atoms with E-state index in [2.05, 4.69) is 31.4 Å². The van der Waals surface area contributed by atoms with Crippen molar-refractivity contribution in [2.24, 2.45) is 0 Å². The van der Waals surface area contributed by atoms with Crippen LogP contribution < -0.4 is 5.32 Å². The Morgan fingerprint density at radius 1 is 1.19 bits per heavy atom. The van der Waals surface area contributed by atoms with Crippen molar-refractivity contribution in [3.8, 4) is 0 Å². The standard InChI is InChI=1S/C17H16N6OS2/c1-9-4-5-12-13(6-9)26-16(19-12)20-14(24)8-25-17-21-15-18-10(2)7-11(3)23(15)22-17/h4-7H,8H2,1-3H3,(H,19,20,24). The number of anilines is 1. The molecule has 0 unspecified atom stereocenters. The predicted molar refractivity (Wildman–Crippen MR) is 104 cm³/mol. The molecule has 0 aliphatic heterocycles. The van der Waals surface area contributed by atoms with Crippen LogP contribution >= 0.6 is 23.1 Å². The van der Waals surface area contributed by atoms with Crippen LogP contribution in [0.1, 0.15) is 17.0 Å². The number of amides is 1. The molecule has 0 aliphatic rings. The minimum absolute atomic E-state index is 0.134. The maximum atomic E-state index is 12.2. The number of nitrogens with zero attached hydrogens (tertiary/aromatic N) is 5. The maximum Gasteiger partial charge on any atom is 0.253 e. The number of aryl methyl sites for hydroxylation is 3. The molecule has 1 N–H and O–H groups in total. The van der Waals surface area contributed by atoms with E-state index in [1.165, 1.54) is 28.7 Å². The molecular formula is C17H16N6OS2. The average Bonchev–Trinajstić information content (AvgIpc) is 3.15. The largest absolute Gasteiger partial charge is 0.301 e. The third-order valence-electron chi connectivity index (χ3n) is 3.72. The molecule has 4 rings (SSSR count). The summed E-state index contributed by atoms with van der Waals surface area (Å²) in [6.45, 7) is 5.90. The monoisotopic (exact) mass is 384 g/mol. The molecule has 0 spiro atoms. The van der Waals surface area contributed by atoms with Crippen molar-refractivity contribution in [2.75, 3.05) is 11.1 Å². The van der Waals surface area contributed by atoms with E-state index in [1.807, 2.05) is 39.0 Å². The minimum atomic E-state index is -0.134. The third kappa shape index (κ3) is 3.40. The van der Waals surface area contributed by atoms with E-state index < -0.39 is 0 Å². The Morgan fingerprint density at radius 3 is 2.88 bits per heavy atom. The fourth-order valence-corrected chi connectivity index (χ4v) is 4.18. The Kier molecular flexibility index (Phi) is 4.33. The number of rotatable bonds is 4. The molecule has 0 aliphatic carbocycles. The summed E-state index contributed by atoms with van der Waals surface area (Å²) < 4.78 is 2.75. The van der Waals surface area contributed by atoms with Crippen molar-refractivity contribution in [1.82, 2.24) is 24.6 Å². The van der Waals surface area contributed by atoms with E-state index in [-0.39, 0.29) is 11.7 Å². The van der Waals surface area contributed by atoms with Crippen molar-refractivity contribution < 1.29 is 4.79 Å². The summed E-state index contributed by atoms with van der Waals surface area (Å²) in [7, 11) is 0. The van der Waals surface area contributed by atoms with Gasteiger partial charge in [0.1, 0.15) is 0 Å². The van der Waals surface area contributed by atoms with Crippen LogP contribution in [-0.2, 0) is 4.79 Å². The third-order valence-corrected chi connectivity index (χ3v) is 5.49. The Labute approximate surface area is 157 Å². The summed E-state index contributed by atoms with van der Waals surface area (Å²) in [5.41, 5.74) is 3.91. The molecule has 3 aromatic heterocycles. The van der Waals surface area contributed by atoms with Gasteiger partial charge in [-0.3, -0.25) is 4.79 Å². The smallest absolute Gasteiger partial charge is 0.253 e. The normalized spacial score (nSPS) is 11.3. The number of hydrogen-bond acceptors (Lipinski definition) is 7. The van der Waals surface area contributed by atoms with Gasteiger partial charge in [0.15, 0.2) is 5.13 Å². The Balaban J connectivity index is 1.44. The van der Waals surface area contributed by atoms with E-state index in [0.717, 1.165) is 21.6 Å². The number of hydrogen-bond donors (Lipinski definition) is 1. The average molecular weight is 384 g/mol. The lowest BCUT2D eigenvalue weighted by atomic mass is 10.2. The Hall–Kier alpha value is -2.52. The van der Waals surface area contributed by atoms with E-state index in [9.17, 15) is 4.79 Å². The molecule has 0 fully saturated rings. The van der Waals surface area contributed by atoms with Gasteiger partial charge in [-0.05, 0) is 44.5 Å². The lowest BCUT2D eigenvalue weighted by Crippen LogP contribution is -2.13. The molecule has 0 saturated carbocycles. The van der Waals surface area contributed by atoms with E-state index in [1.54, 1.807) is 4.52 Å². The van der Waals surface area contributed by atoms with Gasteiger partial charge in [0, 0.05) is 11.4 Å². The highest BCUT2D eigenvalue weighted by Gasteiger charge is 2.12. The summed E-state index contributed by atoms with van der Waals surface area (Å²) in [6, 6.07) is 7.98. The minimum Gasteiger partial charge on any atom is -0.301 e. The molecule has 132 valence electrons. The quantitative estimate of drug-likeness (QED) is 0.543. The zero-order valence-corrected chi connectivity index (χ0v) is 16.1. The van der Waals surface area contributed by atoms with Gasteiger partial charge < -0.3 is 5.32 Å². The van der Waals surface area contributed by atoms with Crippen LogP contribution in [0, 0.1) is 20.8 Å². The summed E-state index contributed by atoms with van der Waals surface area (Å²) in [5.74, 6) is 0.626. The first kappa shape index (κ1) is 16.9. The second-order valence-corrected chi connectivity index (χ2v) is 7.95. The first-order valence-corrected chi connectivity index (χ1v) is 9.79. The van der Waals surface area contributed by atoms with Crippen molar-refractivity contribution >= 4 is 50.1 Å². The Morgan fingerprint density at radius 2 is 2.04 bits per heavy atom. The molecule has 0 bridgehead atoms. The fourth-order valence-electron chi connectivity index (χ4n) is 2.58. The lowest BCUT2D eigenvalue weighted by Gasteiger charge is -1.98. The molecule has 9 heteroatoms. The summed E-state index contributed by atoms with van der Waals surface area (Å²) in [6.07, 6.45) is 0. The zero-order valence-electron chi connectivity index (χ0n) is 14.5. The van der Waals surface area contributed by atoms with Gasteiger partial charge in [0.25, 0.3) is 5.78 Å². The molecule has 0 radical (unpaired) electrons. The van der Waals surface area contributed by atoms with Gasteiger partial charge >= 0.3 is 0 Å². The number of thioether (sulfide) groups is 1. The van der Waals surface area contributed by atoms with Gasteiger partial charge in [0.05, 0.1) is 16.0 Å². The zero-order chi connectivity index (χ0) is 18.3. The lowest BCUT2D eigenvalue weighted by molar-refractivity contribution is -0.113. The molecular weight excluding hydrogens is 368 g/mol. The second kappa shape index (κ2) is 6.65. The van der Waals surface area contributed by atoms with Gasteiger partial charge in [-0.15, -0.1) is 5.10 Å². The molecule has 7 nitrogen and oxygen atoms in total. The maximum absolute atomic E-state index is 12.2. The number of aromatic nitrogens is 5. The Bertz CT molecular complexity index is 1130. The van der Waals surface area contributed by atoms with Gasteiger partial charge in [0.2, 0.25) is 11.1 Å². The SMILES string of the molecule is Cc1ccc2nc(NC(=O)CSc3nc4nc(C)cc(C)n4n3)sc2c1. The molecule has 1 aromatic carbocycles. The van der Waals surface area contributed by atoms with Crippen LogP contribution in [0.25, 0.3) is 16.0 Å². The first-order chi connectivity index (χ1) is 12.5. The number of fused-ring (bicyclic) bond motifs is 2. The van der Waals surface area contributed by atoms with Crippen LogP contribution in [0.5, 0.6) is 0 Å². The van der Waals surface area contributed by atoms with Crippen LogP contribution in [0.4, 0.5) is 5.13 Å². The highest BCUT2D eigenvalue weighted by Crippen LogP contribution is 2.27. The highest BCUT2D eigenvalue weighted by atomic mass is 32.2. The van der Waals surface area contributed by atoms with Gasteiger partial charge in [-0.1, -0.05) is 29.2 Å². The summed E-state index contributed by atoms with van der Waals surface area (Å²) in [5, 5.41) is 8.37. The number of thiazole rings is 1. The van der Waals surface area contributed by atoms with E-state index in [0.29, 0.717) is 16.1 Å². The highest BCUT2D eigenvalue weighted by molar-refractivity contribution is 7.99. The van der Waals surface area contributed by atoms with Crippen LogP contribution in [0.3, 0.4) is 0 Å². The van der Waals surface area contributed by atoms with Gasteiger partial charge in [-0.25, -0.2) is 14.5 Å². The first-order valence-electron chi connectivity index (χ1n) is 7.99. The van der Waals surface area contributed by atoms with E-state index in [4.69, 9.17) is 0 Å². The van der Waals surface area contributed by atoms with Crippen molar-refractivity contribution in [2.45, 2.75) is 25.9 Å². The fraction of sp³-hybridized carbons (Fsp3) is 0.235. The molecule has 3 heterocycles. The number of nitrogens with one attached hydrogen (secondary N) is 1.